The lowest BCUT2D eigenvalue weighted by Gasteiger charge is -2.23. The molecule has 4 nitrogen and oxygen atoms in total. The first-order chi connectivity index (χ1) is 9.31. The van der Waals surface area contributed by atoms with Crippen LogP contribution in [0.25, 0.3) is 0 Å². The number of aliphatic hydroxyl groups is 1. The average Bonchev–Trinajstić information content (AvgIpc) is 2.92. The van der Waals surface area contributed by atoms with Gasteiger partial charge in [0.15, 0.2) is 0 Å². The Morgan fingerprint density at radius 1 is 1.45 bits per heavy atom. The highest BCUT2D eigenvalue weighted by Gasteiger charge is 2.28. The molecule has 0 saturated heterocycles. The van der Waals surface area contributed by atoms with E-state index in [-0.39, 0.29) is 12.5 Å². The molecule has 2 rings (SSSR count). The van der Waals surface area contributed by atoms with Gasteiger partial charge < -0.3 is 14.8 Å². The first-order valence-electron chi connectivity index (χ1n) is 6.43. The summed E-state index contributed by atoms with van der Waals surface area (Å²) < 4.78 is 5.43. The van der Waals surface area contributed by atoms with Crippen LogP contribution in [-0.4, -0.2) is 17.6 Å². The maximum absolute atomic E-state index is 12.1. The Labute approximate surface area is 122 Å². The lowest BCUT2D eigenvalue weighted by molar-refractivity contribution is 0.0515. The lowest BCUT2D eigenvalue weighted by atomic mass is 9.96. The number of carbonyl (C=O) groups excluding carboxylic acids is 1. The van der Waals surface area contributed by atoms with Crippen molar-refractivity contribution in [2.24, 2.45) is 0 Å². The predicted molar refractivity (Wildman–Crippen MR) is 79.1 cm³/mol. The molecule has 0 bridgehead atoms. The van der Waals surface area contributed by atoms with Crippen LogP contribution in [0.4, 0.5) is 0 Å². The molecule has 2 aromatic rings. The van der Waals surface area contributed by atoms with E-state index in [0.717, 1.165) is 11.3 Å². The molecule has 0 aliphatic carbocycles. The topological polar surface area (TPSA) is 62.5 Å². The summed E-state index contributed by atoms with van der Waals surface area (Å²) in [5, 5.41) is 15.2. The fourth-order valence-corrected chi connectivity index (χ4v) is 3.04. The number of thiophene rings is 1. The Kier molecular flexibility index (Phi) is 4.01. The van der Waals surface area contributed by atoms with E-state index in [9.17, 15) is 9.90 Å². The van der Waals surface area contributed by atoms with Crippen LogP contribution in [-0.2, 0) is 5.60 Å². The van der Waals surface area contributed by atoms with E-state index in [1.165, 1.54) is 11.3 Å². The number of aryl methyl sites for hydroxylation is 3. The minimum atomic E-state index is -1.15. The molecule has 0 radical (unpaired) electrons. The summed E-state index contributed by atoms with van der Waals surface area (Å²) in [7, 11) is 0. The minimum absolute atomic E-state index is 0.142. The summed E-state index contributed by atoms with van der Waals surface area (Å²) in [4.78, 5) is 12.7. The average molecular weight is 293 g/mol. The zero-order chi connectivity index (χ0) is 14.9. The normalized spacial score (nSPS) is 14.1. The molecule has 0 aromatic carbocycles. The van der Waals surface area contributed by atoms with Gasteiger partial charge in [-0.3, -0.25) is 4.79 Å². The van der Waals surface area contributed by atoms with Crippen LogP contribution in [0.2, 0.25) is 0 Å². The van der Waals surface area contributed by atoms with Gasteiger partial charge in [-0.2, -0.15) is 0 Å². The molecule has 2 N–H and O–H groups in total. The Morgan fingerprint density at radius 2 is 2.15 bits per heavy atom. The first kappa shape index (κ1) is 14.8. The molecule has 1 unspecified atom stereocenters. The fraction of sp³-hybridized carbons (Fsp3) is 0.400. The summed E-state index contributed by atoms with van der Waals surface area (Å²) >= 11 is 1.40. The Balaban J connectivity index is 2.08. The molecule has 2 aromatic heterocycles. The van der Waals surface area contributed by atoms with E-state index >= 15 is 0 Å². The maximum Gasteiger partial charge on any atom is 0.261 e. The van der Waals surface area contributed by atoms with E-state index < -0.39 is 5.60 Å². The molecular formula is C15H19NO3S. The van der Waals surface area contributed by atoms with Gasteiger partial charge in [0.05, 0.1) is 11.4 Å². The van der Waals surface area contributed by atoms with Crippen LogP contribution < -0.4 is 5.32 Å². The van der Waals surface area contributed by atoms with Crippen LogP contribution in [0.5, 0.6) is 0 Å². The SMILES string of the molecule is Cc1cc(C(C)(O)CNC(=O)c2sccc2C)c(C)o1. The molecule has 0 spiro atoms. The summed E-state index contributed by atoms with van der Waals surface area (Å²) in [6.07, 6.45) is 0. The van der Waals surface area contributed by atoms with Gasteiger partial charge >= 0.3 is 0 Å². The van der Waals surface area contributed by atoms with Gasteiger partial charge in [0, 0.05) is 5.56 Å². The van der Waals surface area contributed by atoms with Crippen LogP contribution in [0, 0.1) is 20.8 Å². The van der Waals surface area contributed by atoms with Crippen LogP contribution >= 0.6 is 11.3 Å². The third kappa shape index (κ3) is 2.94. The smallest absolute Gasteiger partial charge is 0.261 e. The van der Waals surface area contributed by atoms with Gasteiger partial charge in [-0.1, -0.05) is 0 Å². The number of nitrogens with one attached hydrogen (secondary N) is 1. The number of amides is 1. The van der Waals surface area contributed by atoms with Gasteiger partial charge in [-0.05, 0) is 50.8 Å². The number of furan rings is 1. The molecule has 2 heterocycles. The predicted octanol–water partition coefficient (Wildman–Crippen LogP) is 2.90. The van der Waals surface area contributed by atoms with Crippen molar-refractivity contribution in [3.8, 4) is 0 Å². The zero-order valence-corrected chi connectivity index (χ0v) is 12.9. The molecule has 1 amide bonds. The monoisotopic (exact) mass is 293 g/mol. The highest BCUT2D eigenvalue weighted by molar-refractivity contribution is 7.12. The lowest BCUT2D eigenvalue weighted by Crippen LogP contribution is -2.38. The molecule has 0 saturated carbocycles. The van der Waals surface area contributed by atoms with Crippen molar-refractivity contribution in [1.82, 2.24) is 5.32 Å². The second-order valence-electron chi connectivity index (χ2n) is 5.22. The van der Waals surface area contributed by atoms with E-state index in [4.69, 9.17) is 4.42 Å². The van der Waals surface area contributed by atoms with Crippen molar-refractivity contribution >= 4 is 17.2 Å². The number of rotatable bonds is 4. The zero-order valence-electron chi connectivity index (χ0n) is 12.1. The molecule has 20 heavy (non-hydrogen) atoms. The quantitative estimate of drug-likeness (QED) is 0.911. The van der Waals surface area contributed by atoms with Gasteiger partial charge in [0.2, 0.25) is 0 Å². The van der Waals surface area contributed by atoms with Gasteiger partial charge in [-0.15, -0.1) is 11.3 Å². The Morgan fingerprint density at radius 3 is 2.65 bits per heavy atom. The van der Waals surface area contributed by atoms with Crippen molar-refractivity contribution in [1.29, 1.82) is 0 Å². The maximum atomic E-state index is 12.1. The molecular weight excluding hydrogens is 274 g/mol. The minimum Gasteiger partial charge on any atom is -0.466 e. The van der Waals surface area contributed by atoms with E-state index in [1.807, 2.05) is 32.2 Å². The first-order valence-corrected chi connectivity index (χ1v) is 7.31. The van der Waals surface area contributed by atoms with Crippen molar-refractivity contribution < 1.29 is 14.3 Å². The Hall–Kier alpha value is -1.59. The van der Waals surface area contributed by atoms with Gasteiger partial charge in [0.25, 0.3) is 5.91 Å². The standard InChI is InChI=1S/C15H19NO3S/c1-9-5-6-20-13(9)14(17)16-8-15(4,18)12-7-10(2)19-11(12)3/h5-7,18H,8H2,1-4H3,(H,16,17). The molecule has 0 fully saturated rings. The summed E-state index contributed by atoms with van der Waals surface area (Å²) in [6, 6.07) is 3.71. The highest BCUT2D eigenvalue weighted by atomic mass is 32.1. The number of carbonyl (C=O) groups is 1. The fourth-order valence-electron chi connectivity index (χ4n) is 2.20. The second-order valence-corrected chi connectivity index (χ2v) is 6.13. The molecule has 1 atom stereocenters. The molecule has 0 aliphatic heterocycles. The summed E-state index contributed by atoms with van der Waals surface area (Å²) in [5.41, 5.74) is 0.503. The van der Waals surface area contributed by atoms with Crippen molar-refractivity contribution in [3.63, 3.8) is 0 Å². The summed E-state index contributed by atoms with van der Waals surface area (Å²) in [6.45, 7) is 7.35. The van der Waals surface area contributed by atoms with E-state index in [0.29, 0.717) is 16.2 Å². The molecule has 0 aliphatic rings. The van der Waals surface area contributed by atoms with Gasteiger partial charge in [-0.25, -0.2) is 0 Å². The van der Waals surface area contributed by atoms with Crippen LogP contribution in [0.1, 0.15) is 39.2 Å². The Bertz CT molecular complexity index is 625. The van der Waals surface area contributed by atoms with E-state index in [1.54, 1.807) is 13.0 Å². The van der Waals surface area contributed by atoms with Crippen LogP contribution in [0.3, 0.4) is 0 Å². The van der Waals surface area contributed by atoms with E-state index in [2.05, 4.69) is 5.32 Å². The molecule has 108 valence electrons. The van der Waals surface area contributed by atoms with Crippen molar-refractivity contribution in [3.05, 3.63) is 45.0 Å². The van der Waals surface area contributed by atoms with Crippen LogP contribution in [0.15, 0.2) is 21.9 Å². The van der Waals surface area contributed by atoms with Gasteiger partial charge in [0.1, 0.15) is 17.1 Å². The third-order valence-corrected chi connectivity index (χ3v) is 4.30. The number of hydrogen-bond acceptors (Lipinski definition) is 4. The summed E-state index contributed by atoms with van der Waals surface area (Å²) in [5.74, 6) is 1.27. The second kappa shape index (κ2) is 5.42. The highest BCUT2D eigenvalue weighted by Crippen LogP contribution is 2.26. The van der Waals surface area contributed by atoms with Crippen molar-refractivity contribution in [2.45, 2.75) is 33.3 Å². The largest absolute Gasteiger partial charge is 0.466 e. The third-order valence-electron chi connectivity index (χ3n) is 3.28. The number of hydrogen-bond donors (Lipinski definition) is 2. The van der Waals surface area contributed by atoms with Crippen molar-refractivity contribution in [2.75, 3.05) is 6.54 Å². The molecule has 5 heteroatoms.